The van der Waals surface area contributed by atoms with Gasteiger partial charge in [0.1, 0.15) is 12.4 Å². The van der Waals surface area contributed by atoms with Crippen molar-refractivity contribution in [2.24, 2.45) is 0 Å². The number of ketones is 2. The van der Waals surface area contributed by atoms with Crippen molar-refractivity contribution in [3.8, 4) is 11.5 Å². The Morgan fingerprint density at radius 2 is 1.72 bits per heavy atom. The zero-order valence-corrected chi connectivity index (χ0v) is 23.8. The van der Waals surface area contributed by atoms with Crippen LogP contribution in [0.15, 0.2) is 58.9 Å². The molecule has 5 rings (SSSR count). The van der Waals surface area contributed by atoms with Crippen LogP contribution in [0.25, 0.3) is 0 Å². The van der Waals surface area contributed by atoms with Gasteiger partial charge >= 0.3 is 5.97 Å². The average Bonchev–Trinajstić information content (AvgIpc) is 2.90. The summed E-state index contributed by atoms with van der Waals surface area (Å²) in [7, 11) is 1.53. The van der Waals surface area contributed by atoms with E-state index in [1.165, 1.54) is 19.2 Å². The maximum absolute atomic E-state index is 13.6. The van der Waals surface area contributed by atoms with Gasteiger partial charge in [-0.1, -0.05) is 12.1 Å². The van der Waals surface area contributed by atoms with Crippen molar-refractivity contribution in [1.29, 1.82) is 0 Å². The molecule has 0 fully saturated rings. The largest absolute Gasteiger partial charge is 0.493 e. The van der Waals surface area contributed by atoms with Crippen LogP contribution >= 0.6 is 22.6 Å². The first kappa shape index (κ1) is 27.4. The van der Waals surface area contributed by atoms with E-state index in [1.807, 2.05) is 17.0 Å². The molecule has 0 saturated heterocycles. The van der Waals surface area contributed by atoms with Gasteiger partial charge in [0.05, 0.1) is 17.1 Å². The number of ether oxygens (including phenoxy) is 2. The average molecular weight is 645 g/mol. The van der Waals surface area contributed by atoms with Crippen LogP contribution in [0.3, 0.4) is 0 Å². The van der Waals surface area contributed by atoms with Crippen LogP contribution in [0, 0.1) is 9.39 Å². The van der Waals surface area contributed by atoms with Crippen LogP contribution in [-0.4, -0.2) is 41.2 Å². The van der Waals surface area contributed by atoms with Gasteiger partial charge in [-0.3, -0.25) is 14.4 Å². The number of carboxylic acid groups (broad SMARTS) is 1. The van der Waals surface area contributed by atoms with Gasteiger partial charge < -0.3 is 19.5 Å². The van der Waals surface area contributed by atoms with Gasteiger partial charge in [0, 0.05) is 47.8 Å². The molecule has 0 bridgehead atoms. The van der Waals surface area contributed by atoms with Crippen molar-refractivity contribution in [2.75, 3.05) is 13.7 Å². The second-order valence-electron chi connectivity index (χ2n) is 9.96. The van der Waals surface area contributed by atoms with Gasteiger partial charge in [-0.05, 0) is 83.7 Å². The van der Waals surface area contributed by atoms with Crippen LogP contribution in [-0.2, 0) is 21.0 Å². The molecule has 7 nitrogen and oxygen atoms in total. The van der Waals surface area contributed by atoms with Gasteiger partial charge in [-0.15, -0.1) is 0 Å². The highest BCUT2D eigenvalue weighted by molar-refractivity contribution is 14.1. The predicted octanol–water partition coefficient (Wildman–Crippen LogP) is 5.91. The lowest BCUT2D eigenvalue weighted by atomic mass is 9.71. The molecule has 1 aliphatic heterocycles. The highest BCUT2D eigenvalue weighted by Crippen LogP contribution is 2.50. The third kappa shape index (κ3) is 5.46. The maximum Gasteiger partial charge on any atom is 0.305 e. The number of hydrogen-bond acceptors (Lipinski definition) is 6. The van der Waals surface area contributed by atoms with Crippen molar-refractivity contribution in [3.63, 3.8) is 0 Å². The molecule has 0 aromatic heterocycles. The maximum atomic E-state index is 13.6. The molecule has 0 saturated carbocycles. The minimum absolute atomic E-state index is 0.00750. The van der Waals surface area contributed by atoms with Gasteiger partial charge in [-0.25, -0.2) is 4.39 Å². The molecule has 0 radical (unpaired) electrons. The van der Waals surface area contributed by atoms with E-state index in [9.17, 15) is 23.9 Å². The van der Waals surface area contributed by atoms with E-state index in [2.05, 4.69) is 22.6 Å². The number of hydrogen-bond donors (Lipinski definition) is 1. The first-order valence-corrected chi connectivity index (χ1v) is 14.1. The quantitative estimate of drug-likeness (QED) is 0.357. The van der Waals surface area contributed by atoms with E-state index in [0.717, 1.165) is 20.5 Å². The number of allylic oxidation sites excluding steroid dienone is 4. The zero-order chi connectivity index (χ0) is 27.7. The smallest absolute Gasteiger partial charge is 0.305 e. The van der Waals surface area contributed by atoms with Gasteiger partial charge in [-0.2, -0.15) is 0 Å². The molecular formula is C30H29FINO6. The molecule has 0 spiro atoms. The number of rotatable bonds is 8. The van der Waals surface area contributed by atoms with Crippen LogP contribution < -0.4 is 9.47 Å². The number of methoxy groups -OCH3 is 1. The second kappa shape index (κ2) is 11.5. The van der Waals surface area contributed by atoms with Gasteiger partial charge in [0.2, 0.25) is 0 Å². The summed E-state index contributed by atoms with van der Waals surface area (Å²) in [5.41, 5.74) is 4.30. The van der Waals surface area contributed by atoms with E-state index < -0.39 is 11.9 Å². The SMILES string of the molecule is COc1cc(C2C3=C(CCCC3=O)N(CCC(=O)O)C3=C2C(=O)CCC3)cc(I)c1OCc1cccc(F)c1. The van der Waals surface area contributed by atoms with Crippen LogP contribution in [0.1, 0.15) is 62.0 Å². The second-order valence-corrected chi connectivity index (χ2v) is 11.1. The monoisotopic (exact) mass is 645 g/mol. The van der Waals surface area contributed by atoms with Gasteiger partial charge in [0.25, 0.3) is 0 Å². The van der Waals surface area contributed by atoms with E-state index in [4.69, 9.17) is 9.47 Å². The van der Waals surface area contributed by atoms with Crippen LogP contribution in [0.5, 0.6) is 11.5 Å². The molecule has 0 unspecified atom stereocenters. The fourth-order valence-corrected chi connectivity index (χ4v) is 6.64. The van der Waals surface area contributed by atoms with Crippen molar-refractivity contribution in [3.05, 3.63) is 79.5 Å². The van der Waals surface area contributed by atoms with Crippen molar-refractivity contribution >= 4 is 40.1 Å². The number of nitrogens with zero attached hydrogens (tertiary/aromatic N) is 1. The molecule has 204 valence electrons. The Kier molecular flexibility index (Phi) is 8.06. The van der Waals surface area contributed by atoms with E-state index in [1.54, 1.807) is 12.1 Å². The van der Waals surface area contributed by atoms with Crippen LogP contribution in [0.4, 0.5) is 4.39 Å². The normalized spacial score (nSPS) is 17.8. The van der Waals surface area contributed by atoms with Crippen LogP contribution in [0.2, 0.25) is 0 Å². The summed E-state index contributed by atoms with van der Waals surface area (Å²) in [6, 6.07) is 9.93. The first-order chi connectivity index (χ1) is 18.8. The Labute approximate surface area is 239 Å². The van der Waals surface area contributed by atoms with E-state index in [0.29, 0.717) is 66.7 Å². The minimum Gasteiger partial charge on any atom is -0.493 e. The molecule has 0 amide bonds. The Bertz CT molecular complexity index is 1370. The molecule has 1 N–H and O–H groups in total. The lowest BCUT2D eigenvalue weighted by Gasteiger charge is -2.44. The molecule has 2 aromatic carbocycles. The summed E-state index contributed by atoms with van der Waals surface area (Å²) < 4.78 is 26.1. The molecule has 39 heavy (non-hydrogen) atoms. The molecule has 3 aliphatic rings. The van der Waals surface area contributed by atoms with Crippen molar-refractivity contribution in [2.45, 2.75) is 57.5 Å². The Hall–Kier alpha value is -3.21. The Morgan fingerprint density at radius 3 is 2.31 bits per heavy atom. The fourth-order valence-electron chi connectivity index (χ4n) is 5.86. The molecular weight excluding hydrogens is 616 g/mol. The number of carbonyl (C=O) groups is 3. The standard InChI is InChI=1S/C30H29FINO6/c1-38-25-15-18(14-20(32)30(25)39-16-17-5-2-6-19(31)13-17)27-28-21(7-3-9-23(28)34)33(12-11-26(36)37)22-8-4-10-24(35)29(22)27/h2,5-6,13-15,27H,3-4,7-12,16H2,1H3,(H,36,37). The number of Topliss-reactive ketones (excluding diaryl/α,β-unsaturated/α-hetero) is 2. The number of aliphatic carboxylic acids is 1. The number of halogens is 2. The first-order valence-electron chi connectivity index (χ1n) is 13.0. The third-order valence-electron chi connectivity index (χ3n) is 7.49. The summed E-state index contributed by atoms with van der Waals surface area (Å²) in [6.07, 6.45) is 3.40. The summed E-state index contributed by atoms with van der Waals surface area (Å²) in [6.45, 7) is 0.376. The lowest BCUT2D eigenvalue weighted by Crippen LogP contribution is -2.40. The summed E-state index contributed by atoms with van der Waals surface area (Å²) in [5.74, 6) is -0.866. The molecule has 1 heterocycles. The predicted molar refractivity (Wildman–Crippen MR) is 150 cm³/mol. The third-order valence-corrected chi connectivity index (χ3v) is 8.29. The molecule has 9 heteroatoms. The highest BCUT2D eigenvalue weighted by atomic mass is 127. The van der Waals surface area contributed by atoms with Crippen molar-refractivity contribution < 1.29 is 33.4 Å². The topological polar surface area (TPSA) is 93.1 Å². The number of carboxylic acids is 1. The van der Waals surface area contributed by atoms with Crippen molar-refractivity contribution in [1.82, 2.24) is 4.90 Å². The minimum atomic E-state index is -0.918. The highest BCUT2D eigenvalue weighted by Gasteiger charge is 2.43. The molecule has 2 aromatic rings. The summed E-state index contributed by atoms with van der Waals surface area (Å²) in [5, 5.41) is 9.38. The Balaban J connectivity index is 1.59. The Morgan fingerprint density at radius 1 is 1.05 bits per heavy atom. The zero-order valence-electron chi connectivity index (χ0n) is 21.6. The lowest BCUT2D eigenvalue weighted by molar-refractivity contribution is -0.137. The number of benzene rings is 2. The fraction of sp³-hybridized carbons (Fsp3) is 0.367. The van der Waals surface area contributed by atoms with E-state index in [-0.39, 0.29) is 37.0 Å². The summed E-state index contributed by atoms with van der Waals surface area (Å²) in [4.78, 5) is 40.3. The number of carbonyl (C=O) groups excluding carboxylic acids is 2. The van der Waals surface area contributed by atoms with Gasteiger partial charge in [0.15, 0.2) is 23.1 Å². The van der Waals surface area contributed by atoms with E-state index >= 15 is 0 Å². The molecule has 0 atom stereocenters. The summed E-state index contributed by atoms with van der Waals surface area (Å²) >= 11 is 2.15. The molecule has 2 aliphatic carbocycles.